The van der Waals surface area contributed by atoms with Crippen molar-refractivity contribution in [2.75, 3.05) is 0 Å². The second-order valence-corrected chi connectivity index (χ2v) is 20.6. The van der Waals surface area contributed by atoms with E-state index < -0.39 is 38.2 Å². The molecule has 2 unspecified atom stereocenters. The molecule has 2 bridgehead atoms. The average Bonchev–Trinajstić information content (AvgIpc) is 3.80. The third kappa shape index (κ3) is 5.36. The minimum atomic E-state index is -3.43. The lowest BCUT2D eigenvalue weighted by atomic mass is 9.60. The maximum atomic E-state index is 9.51. The van der Waals surface area contributed by atoms with E-state index in [9.17, 15) is 5.48 Å². The average molecular weight is 838 g/mol. The second kappa shape index (κ2) is 14.7. The van der Waals surface area contributed by atoms with E-state index in [1.54, 1.807) is 4.57 Å². The van der Waals surface area contributed by atoms with Gasteiger partial charge in [-0.1, -0.05) is 230 Å². The summed E-state index contributed by atoms with van der Waals surface area (Å²) in [6.45, 7) is 0. The van der Waals surface area contributed by atoms with Gasteiger partial charge in [0.15, 0.2) is 8.07 Å². The zero-order valence-corrected chi connectivity index (χ0v) is 35.7. The number of para-hydroxylation sites is 2. The Morgan fingerprint density at radius 2 is 0.797 bits per heavy atom. The van der Waals surface area contributed by atoms with Crippen molar-refractivity contribution in [2.24, 2.45) is 0 Å². The largest absolute Gasteiger partial charge is 0.309 e. The second-order valence-electron chi connectivity index (χ2n) is 16.9. The van der Waals surface area contributed by atoms with Gasteiger partial charge in [-0.05, 0) is 94.5 Å². The Kier molecular flexibility index (Phi) is 6.76. The summed E-state index contributed by atoms with van der Waals surface area (Å²) in [5.41, 5.74) is 12.0. The fourth-order valence-electron chi connectivity index (χ4n) is 11.3. The van der Waals surface area contributed by atoms with Crippen molar-refractivity contribution in [3.63, 3.8) is 0 Å². The van der Waals surface area contributed by atoms with E-state index in [-0.39, 0.29) is 51.9 Å². The fraction of sp³-hybridized carbons (Fsp3) is 0.0323. The molecule has 0 fully saturated rings. The maximum absolute atomic E-state index is 9.51. The Bertz CT molecular complexity index is 3880. The highest BCUT2D eigenvalue weighted by Gasteiger charge is 2.50. The summed E-state index contributed by atoms with van der Waals surface area (Å²) in [5.74, 6) is -0.645. The Morgan fingerprint density at radius 1 is 0.359 bits per heavy atom. The Balaban J connectivity index is 1.19. The van der Waals surface area contributed by atoms with Crippen LogP contribution in [0.4, 0.5) is 0 Å². The molecule has 2 heteroatoms. The van der Waals surface area contributed by atoms with E-state index in [1.807, 2.05) is 24.3 Å². The van der Waals surface area contributed by atoms with Crippen LogP contribution < -0.4 is 20.7 Å². The molecule has 0 aliphatic heterocycles. The van der Waals surface area contributed by atoms with Gasteiger partial charge in [0.1, 0.15) is 0 Å². The van der Waals surface area contributed by atoms with Crippen LogP contribution in [0.3, 0.4) is 0 Å². The topological polar surface area (TPSA) is 4.93 Å². The molecule has 0 amide bonds. The molecule has 11 aromatic rings. The highest BCUT2D eigenvalue weighted by molar-refractivity contribution is 7.20. The summed E-state index contributed by atoms with van der Waals surface area (Å²) in [6.07, 6.45) is 0. The summed E-state index contributed by atoms with van der Waals surface area (Å²) in [7, 11) is -3.43. The highest BCUT2D eigenvalue weighted by atomic mass is 28.3. The van der Waals surface area contributed by atoms with Crippen molar-refractivity contribution in [1.29, 1.82) is 0 Å². The molecule has 0 spiro atoms. The molecule has 14 rings (SSSR count). The molecular formula is C62H43NSi. The number of benzene rings is 10. The predicted molar refractivity (Wildman–Crippen MR) is 270 cm³/mol. The predicted octanol–water partition coefficient (Wildman–Crippen LogP) is 12.5. The zero-order valence-electron chi connectivity index (χ0n) is 42.7. The molecule has 1 aromatic heterocycles. The van der Waals surface area contributed by atoms with Crippen molar-refractivity contribution >= 4 is 50.6 Å². The van der Waals surface area contributed by atoms with Gasteiger partial charge in [-0.3, -0.25) is 0 Å². The van der Waals surface area contributed by atoms with E-state index in [4.69, 9.17) is 5.48 Å². The van der Waals surface area contributed by atoms with Crippen LogP contribution in [0.5, 0.6) is 0 Å². The molecule has 0 saturated carbocycles. The standard InChI is InChI=1S/C62H43NSi/c1-4-20-42(21-5-1)44-24-16-28-47(40-44)64(46-26-8-3-9-27-46,48-29-17-25-45(41-48)43-22-6-2-7-23-43)58-39-19-35-54-59-51-32-10-11-33-52(51)62(61(54)58)60-53(59)34-18-38-57(60)63-55-36-14-12-30-49(55)50-31-13-15-37-56(50)63/h1-41,59,62H/i12D,13D,14D,15D,30D,31D,36D,37D. The summed E-state index contributed by atoms with van der Waals surface area (Å²) in [6, 6.07) is 68.7. The third-order valence-electron chi connectivity index (χ3n) is 13.8. The van der Waals surface area contributed by atoms with Gasteiger partial charge in [0.2, 0.25) is 0 Å². The quantitative estimate of drug-likeness (QED) is 0.111. The first kappa shape index (κ1) is 29.5. The van der Waals surface area contributed by atoms with Gasteiger partial charge in [0.25, 0.3) is 0 Å². The van der Waals surface area contributed by atoms with Crippen LogP contribution in [0.15, 0.2) is 249 Å². The van der Waals surface area contributed by atoms with Crippen molar-refractivity contribution in [3.05, 3.63) is 282 Å². The molecular weight excluding hydrogens is 787 g/mol. The number of rotatable bonds is 7. The summed E-state index contributed by atoms with van der Waals surface area (Å²) < 4.78 is 74.8. The van der Waals surface area contributed by atoms with Crippen LogP contribution in [0, 0.1) is 0 Å². The van der Waals surface area contributed by atoms with Gasteiger partial charge in [-0.2, -0.15) is 0 Å². The van der Waals surface area contributed by atoms with E-state index in [1.165, 1.54) is 37.4 Å². The molecule has 1 nitrogen and oxygen atoms in total. The van der Waals surface area contributed by atoms with Crippen molar-refractivity contribution < 1.29 is 11.0 Å². The first-order valence-electron chi connectivity index (χ1n) is 25.8. The molecule has 0 saturated heterocycles. The van der Waals surface area contributed by atoms with Crippen LogP contribution in [0.2, 0.25) is 0 Å². The SMILES string of the molecule is [2H]c1c([2H])c([2H])c2c(c1[2H])c1c([2H])c([2H])c([2H])c([2H])c1n2-c1cccc2c1C1c3ccccc3C2c2cccc([Si](c3ccccc3)(c3cccc(-c4ccccc4)c3)c3cccc(-c4ccccc4)c3)c21. The summed E-state index contributed by atoms with van der Waals surface area (Å²) in [5, 5.41) is 4.99. The third-order valence-corrected chi connectivity index (χ3v) is 18.6. The molecule has 3 aliphatic rings. The lowest BCUT2D eigenvalue weighted by Crippen LogP contribution is -2.75. The van der Waals surface area contributed by atoms with E-state index in [0.717, 1.165) is 38.9 Å². The van der Waals surface area contributed by atoms with Gasteiger partial charge in [0, 0.05) is 22.6 Å². The molecule has 0 radical (unpaired) electrons. The van der Waals surface area contributed by atoms with Crippen LogP contribution >= 0.6 is 0 Å². The van der Waals surface area contributed by atoms with Crippen LogP contribution in [-0.4, -0.2) is 12.6 Å². The Labute approximate surface area is 386 Å². The van der Waals surface area contributed by atoms with Gasteiger partial charge < -0.3 is 4.57 Å². The van der Waals surface area contributed by atoms with Crippen LogP contribution in [0.25, 0.3) is 49.7 Å². The van der Waals surface area contributed by atoms with Crippen molar-refractivity contribution in [1.82, 2.24) is 4.57 Å². The number of fused-ring (bicyclic) bond motifs is 3. The molecule has 64 heavy (non-hydrogen) atoms. The monoisotopic (exact) mass is 837 g/mol. The maximum Gasteiger partial charge on any atom is 0.179 e. The zero-order chi connectivity index (χ0) is 49.2. The van der Waals surface area contributed by atoms with Gasteiger partial charge in [-0.15, -0.1) is 0 Å². The van der Waals surface area contributed by atoms with Crippen molar-refractivity contribution in [2.45, 2.75) is 11.8 Å². The Hall–Kier alpha value is -7.78. The van der Waals surface area contributed by atoms with Gasteiger partial charge >= 0.3 is 0 Å². The first-order valence-corrected chi connectivity index (χ1v) is 23.8. The minimum absolute atomic E-state index is 0.0650. The van der Waals surface area contributed by atoms with E-state index in [2.05, 4.69) is 176 Å². The number of hydrogen-bond acceptors (Lipinski definition) is 0. The Morgan fingerprint density at radius 3 is 1.39 bits per heavy atom. The molecule has 10 aromatic carbocycles. The molecule has 3 aliphatic carbocycles. The highest BCUT2D eigenvalue weighted by Crippen LogP contribution is 2.57. The smallest absolute Gasteiger partial charge is 0.179 e. The number of aromatic nitrogens is 1. The fourth-order valence-corrected chi connectivity index (χ4v) is 16.4. The summed E-state index contributed by atoms with van der Waals surface area (Å²) in [4.78, 5) is 0. The lowest BCUT2D eigenvalue weighted by Gasteiger charge is -2.47. The van der Waals surface area contributed by atoms with E-state index >= 15 is 0 Å². The van der Waals surface area contributed by atoms with E-state index in [0.29, 0.717) is 5.69 Å². The number of hydrogen-bond donors (Lipinski definition) is 0. The normalized spacial score (nSPS) is 16.6. The lowest BCUT2D eigenvalue weighted by molar-refractivity contribution is 0.752. The van der Waals surface area contributed by atoms with Crippen LogP contribution in [-0.2, 0) is 0 Å². The molecule has 0 N–H and O–H groups in total. The minimum Gasteiger partial charge on any atom is -0.309 e. The van der Waals surface area contributed by atoms with Gasteiger partial charge in [-0.25, -0.2) is 0 Å². The molecule has 300 valence electrons. The molecule has 2 atom stereocenters. The number of nitrogens with zero attached hydrogens (tertiary/aromatic N) is 1. The molecule has 1 heterocycles. The first-order chi connectivity index (χ1) is 35.1. The van der Waals surface area contributed by atoms with Crippen LogP contribution in [0.1, 0.15) is 56.2 Å². The summed E-state index contributed by atoms with van der Waals surface area (Å²) >= 11 is 0. The van der Waals surface area contributed by atoms with Gasteiger partial charge in [0.05, 0.1) is 27.7 Å². The van der Waals surface area contributed by atoms with Crippen molar-refractivity contribution in [3.8, 4) is 27.9 Å².